The Kier molecular flexibility index (Phi) is 2.07. The number of hydrogen-bond acceptors (Lipinski definition) is 4. The molecule has 0 amide bonds. The zero-order chi connectivity index (χ0) is 10.2. The first-order chi connectivity index (χ1) is 6.71. The summed E-state index contributed by atoms with van der Waals surface area (Å²) >= 11 is 0. The van der Waals surface area contributed by atoms with Gasteiger partial charge >= 0.3 is 0 Å². The van der Waals surface area contributed by atoms with E-state index in [9.17, 15) is 5.11 Å². The van der Waals surface area contributed by atoms with Crippen molar-refractivity contribution in [3.05, 3.63) is 17.8 Å². The number of pyridine rings is 1. The van der Waals surface area contributed by atoms with Crippen molar-refractivity contribution in [1.29, 1.82) is 0 Å². The molecule has 0 aliphatic heterocycles. The second-order valence-corrected chi connectivity index (χ2v) is 3.43. The van der Waals surface area contributed by atoms with Crippen molar-refractivity contribution in [3.8, 4) is 11.6 Å². The molecule has 0 spiro atoms. The highest BCUT2D eigenvalue weighted by Gasteiger charge is 2.47. The number of methoxy groups -OCH3 is 2. The number of aromatic nitrogens is 1. The average Bonchev–Trinajstić information content (AvgIpc) is 2.96. The van der Waals surface area contributed by atoms with Gasteiger partial charge in [0.25, 0.3) is 0 Å². The fraction of sp³-hybridized carbons (Fsp3) is 0.500. The molecule has 1 aromatic heterocycles. The van der Waals surface area contributed by atoms with Crippen LogP contribution in [-0.4, -0.2) is 24.3 Å². The molecule has 0 atom stereocenters. The van der Waals surface area contributed by atoms with Crippen LogP contribution in [0.15, 0.2) is 12.3 Å². The molecule has 1 aliphatic carbocycles. The van der Waals surface area contributed by atoms with E-state index in [-0.39, 0.29) is 0 Å². The topological polar surface area (TPSA) is 51.6 Å². The van der Waals surface area contributed by atoms with Crippen LogP contribution in [0, 0.1) is 0 Å². The lowest BCUT2D eigenvalue weighted by Crippen LogP contribution is -2.10. The van der Waals surface area contributed by atoms with Gasteiger partial charge in [-0.2, -0.15) is 0 Å². The van der Waals surface area contributed by atoms with E-state index in [1.807, 2.05) is 0 Å². The molecule has 0 bridgehead atoms. The van der Waals surface area contributed by atoms with Gasteiger partial charge in [0.05, 0.1) is 25.4 Å². The summed E-state index contributed by atoms with van der Waals surface area (Å²) in [6.45, 7) is 0. The Hall–Kier alpha value is -1.29. The molecule has 1 N–H and O–H groups in total. The molecule has 1 aromatic rings. The number of ether oxygens (including phenoxy) is 2. The van der Waals surface area contributed by atoms with Gasteiger partial charge in [-0.1, -0.05) is 0 Å². The summed E-state index contributed by atoms with van der Waals surface area (Å²) in [4.78, 5) is 4.05. The largest absolute Gasteiger partial charge is 0.496 e. The number of aliphatic hydroxyl groups is 1. The van der Waals surface area contributed by atoms with E-state index in [2.05, 4.69) is 4.98 Å². The summed E-state index contributed by atoms with van der Waals surface area (Å²) in [7, 11) is 3.11. The molecule has 2 rings (SSSR count). The van der Waals surface area contributed by atoms with Gasteiger partial charge in [-0.15, -0.1) is 0 Å². The highest BCUT2D eigenvalue weighted by Crippen LogP contribution is 2.51. The van der Waals surface area contributed by atoms with E-state index in [1.165, 1.54) is 7.11 Å². The van der Waals surface area contributed by atoms with Gasteiger partial charge in [0.1, 0.15) is 5.75 Å². The molecule has 0 unspecified atom stereocenters. The van der Waals surface area contributed by atoms with Crippen LogP contribution in [0.25, 0.3) is 0 Å². The van der Waals surface area contributed by atoms with Gasteiger partial charge in [0.15, 0.2) is 0 Å². The third kappa shape index (κ3) is 1.32. The quantitative estimate of drug-likeness (QED) is 0.784. The van der Waals surface area contributed by atoms with Crippen LogP contribution in [0.3, 0.4) is 0 Å². The molecular formula is C10H13NO3. The predicted octanol–water partition coefficient (Wildman–Crippen LogP) is 1.08. The van der Waals surface area contributed by atoms with Gasteiger partial charge in [-0.3, -0.25) is 0 Å². The molecule has 0 radical (unpaired) electrons. The van der Waals surface area contributed by atoms with E-state index in [0.29, 0.717) is 17.2 Å². The third-order valence-corrected chi connectivity index (χ3v) is 2.48. The van der Waals surface area contributed by atoms with Gasteiger partial charge in [0.2, 0.25) is 5.88 Å². The SMILES string of the molecule is COc1ccnc(OC)c1C1(O)CC1. The Balaban J connectivity index is 2.52. The summed E-state index contributed by atoms with van der Waals surface area (Å²) in [5.74, 6) is 1.08. The van der Waals surface area contributed by atoms with E-state index >= 15 is 0 Å². The number of hydrogen-bond donors (Lipinski definition) is 1. The summed E-state index contributed by atoms with van der Waals surface area (Å²) in [6, 6.07) is 1.73. The zero-order valence-corrected chi connectivity index (χ0v) is 8.28. The lowest BCUT2D eigenvalue weighted by Gasteiger charge is -2.15. The molecule has 0 aromatic carbocycles. The minimum absolute atomic E-state index is 0.448. The molecule has 4 heteroatoms. The van der Waals surface area contributed by atoms with Crippen molar-refractivity contribution in [3.63, 3.8) is 0 Å². The molecular weight excluding hydrogens is 182 g/mol. The van der Waals surface area contributed by atoms with Crippen LogP contribution in [-0.2, 0) is 5.60 Å². The Labute approximate surface area is 82.5 Å². The van der Waals surface area contributed by atoms with Crippen molar-refractivity contribution in [2.45, 2.75) is 18.4 Å². The Morgan fingerprint density at radius 3 is 2.57 bits per heavy atom. The highest BCUT2D eigenvalue weighted by molar-refractivity contribution is 5.46. The summed E-state index contributed by atoms with van der Waals surface area (Å²) in [5, 5.41) is 10.0. The maximum Gasteiger partial charge on any atom is 0.222 e. The van der Waals surface area contributed by atoms with E-state index in [1.54, 1.807) is 19.4 Å². The van der Waals surface area contributed by atoms with Crippen LogP contribution in [0.4, 0.5) is 0 Å². The van der Waals surface area contributed by atoms with Crippen molar-refractivity contribution in [2.24, 2.45) is 0 Å². The van der Waals surface area contributed by atoms with E-state index < -0.39 is 5.60 Å². The molecule has 1 aliphatic rings. The monoisotopic (exact) mass is 195 g/mol. The van der Waals surface area contributed by atoms with Crippen molar-refractivity contribution < 1.29 is 14.6 Å². The molecule has 1 heterocycles. The van der Waals surface area contributed by atoms with Crippen LogP contribution in [0.5, 0.6) is 11.6 Å². The molecule has 1 saturated carbocycles. The summed E-state index contributed by atoms with van der Waals surface area (Å²) in [6.07, 6.45) is 3.09. The fourth-order valence-corrected chi connectivity index (χ4v) is 1.55. The van der Waals surface area contributed by atoms with Gasteiger partial charge in [-0.25, -0.2) is 4.98 Å². The lowest BCUT2D eigenvalue weighted by atomic mass is 10.1. The maximum atomic E-state index is 10.0. The van der Waals surface area contributed by atoms with Gasteiger partial charge in [0, 0.05) is 6.20 Å². The van der Waals surface area contributed by atoms with Gasteiger partial charge < -0.3 is 14.6 Å². The maximum absolute atomic E-state index is 10.0. The highest BCUT2D eigenvalue weighted by atomic mass is 16.5. The number of rotatable bonds is 3. The molecule has 4 nitrogen and oxygen atoms in total. The first kappa shape index (κ1) is 9.27. The first-order valence-corrected chi connectivity index (χ1v) is 4.51. The smallest absolute Gasteiger partial charge is 0.222 e. The second-order valence-electron chi connectivity index (χ2n) is 3.43. The third-order valence-electron chi connectivity index (χ3n) is 2.48. The summed E-state index contributed by atoms with van der Waals surface area (Å²) < 4.78 is 10.3. The Bertz CT molecular complexity index is 325. The van der Waals surface area contributed by atoms with Gasteiger partial charge in [-0.05, 0) is 18.9 Å². The van der Waals surface area contributed by atoms with E-state index in [4.69, 9.17) is 9.47 Å². The van der Waals surface area contributed by atoms with Crippen molar-refractivity contribution >= 4 is 0 Å². The standard InChI is InChI=1S/C10H13NO3/c1-13-7-3-6-11-9(14-2)8(7)10(12)4-5-10/h3,6,12H,4-5H2,1-2H3. The molecule has 14 heavy (non-hydrogen) atoms. The van der Waals surface area contributed by atoms with E-state index in [0.717, 1.165) is 12.8 Å². The predicted molar refractivity (Wildman–Crippen MR) is 50.5 cm³/mol. The lowest BCUT2D eigenvalue weighted by molar-refractivity contribution is 0.142. The Morgan fingerprint density at radius 2 is 2.07 bits per heavy atom. The number of nitrogens with zero attached hydrogens (tertiary/aromatic N) is 1. The molecule has 76 valence electrons. The normalized spacial score (nSPS) is 17.6. The minimum atomic E-state index is -0.787. The van der Waals surface area contributed by atoms with Crippen molar-refractivity contribution in [1.82, 2.24) is 4.98 Å². The first-order valence-electron chi connectivity index (χ1n) is 4.51. The van der Waals surface area contributed by atoms with Crippen molar-refractivity contribution in [2.75, 3.05) is 14.2 Å². The summed E-state index contributed by atoms with van der Waals surface area (Å²) in [5.41, 5.74) is -0.115. The Morgan fingerprint density at radius 1 is 1.36 bits per heavy atom. The zero-order valence-electron chi connectivity index (χ0n) is 8.28. The minimum Gasteiger partial charge on any atom is -0.496 e. The van der Waals surface area contributed by atoms with Crippen LogP contribution in [0.1, 0.15) is 18.4 Å². The van der Waals surface area contributed by atoms with Crippen LogP contribution >= 0.6 is 0 Å². The van der Waals surface area contributed by atoms with Crippen LogP contribution in [0.2, 0.25) is 0 Å². The fourth-order valence-electron chi connectivity index (χ4n) is 1.55. The average molecular weight is 195 g/mol. The molecule has 1 fully saturated rings. The second kappa shape index (κ2) is 3.13. The molecule has 0 saturated heterocycles. The van der Waals surface area contributed by atoms with Crippen LogP contribution < -0.4 is 9.47 Å².